The average Bonchev–Trinajstić information content (AvgIpc) is 2.12. The molecule has 0 aromatic carbocycles. The van der Waals surface area contributed by atoms with Crippen LogP contribution in [-0.2, 0) is 9.53 Å². The Morgan fingerprint density at radius 3 is 2.85 bits per heavy atom. The van der Waals surface area contributed by atoms with Gasteiger partial charge in [-0.15, -0.1) is 0 Å². The molecule has 0 aliphatic carbocycles. The molecule has 0 aliphatic rings. The predicted octanol–water partition coefficient (Wildman–Crippen LogP) is 0.773. The van der Waals surface area contributed by atoms with Gasteiger partial charge in [0.2, 0.25) is 0 Å². The third-order valence-corrected chi connectivity index (χ3v) is 1.05. The zero-order valence-corrected chi connectivity index (χ0v) is 7.43. The number of nitrogens with zero attached hydrogens (tertiary/aromatic N) is 1. The van der Waals surface area contributed by atoms with Crippen LogP contribution in [0.3, 0.4) is 0 Å². The van der Waals surface area contributed by atoms with Gasteiger partial charge in [0.15, 0.2) is 0 Å². The maximum absolute atomic E-state index is 10.6. The first kappa shape index (κ1) is 11.2. The lowest BCUT2D eigenvalue weighted by molar-refractivity contribution is -0.134. The van der Waals surface area contributed by atoms with Crippen LogP contribution in [0.1, 0.15) is 0 Å². The van der Waals surface area contributed by atoms with Gasteiger partial charge in [-0.25, -0.2) is 4.79 Å². The number of aliphatic imine (C=N–C) groups is 1. The van der Waals surface area contributed by atoms with E-state index >= 15 is 0 Å². The molecule has 0 saturated carbocycles. The minimum atomic E-state index is -0.484. The van der Waals surface area contributed by atoms with Crippen molar-refractivity contribution in [2.24, 2.45) is 10.7 Å². The van der Waals surface area contributed by atoms with Crippen molar-refractivity contribution in [3.63, 3.8) is 0 Å². The van der Waals surface area contributed by atoms with Crippen LogP contribution in [0.5, 0.6) is 0 Å². The van der Waals surface area contributed by atoms with Crippen molar-refractivity contribution in [1.82, 2.24) is 0 Å². The molecular formula is C9H12N2O2. The van der Waals surface area contributed by atoms with Crippen LogP contribution in [-0.4, -0.2) is 19.3 Å². The summed E-state index contributed by atoms with van der Waals surface area (Å²) >= 11 is 0. The number of carbonyl (C=O) groups is 1. The highest BCUT2D eigenvalue weighted by atomic mass is 16.5. The zero-order valence-electron chi connectivity index (χ0n) is 7.43. The van der Waals surface area contributed by atoms with E-state index in [2.05, 4.69) is 16.3 Å². The largest absolute Gasteiger partial charge is 0.466 e. The van der Waals surface area contributed by atoms with E-state index < -0.39 is 5.97 Å². The molecule has 0 atom stereocenters. The molecule has 0 radical (unpaired) electrons. The second-order valence-electron chi connectivity index (χ2n) is 2.01. The highest BCUT2D eigenvalue weighted by molar-refractivity contribution is 5.83. The summed E-state index contributed by atoms with van der Waals surface area (Å²) < 4.78 is 4.37. The monoisotopic (exact) mass is 180 g/mol. The molecule has 0 fully saturated rings. The van der Waals surface area contributed by atoms with Crippen molar-refractivity contribution in [1.29, 1.82) is 0 Å². The molecule has 13 heavy (non-hydrogen) atoms. The molecule has 0 amide bonds. The number of hydrogen-bond acceptors (Lipinski definition) is 4. The smallest absolute Gasteiger partial charge is 0.332 e. The molecule has 0 unspecified atom stereocenters. The molecule has 0 spiro atoms. The van der Waals surface area contributed by atoms with Gasteiger partial charge in [-0.1, -0.05) is 6.58 Å². The number of allylic oxidation sites excluding steroid dienone is 2. The average molecular weight is 180 g/mol. The molecule has 0 rings (SSSR count). The normalized spacial score (nSPS) is 12.2. The van der Waals surface area contributed by atoms with E-state index in [0.29, 0.717) is 5.70 Å². The fraction of sp³-hybridized carbons (Fsp3) is 0.111. The van der Waals surface area contributed by atoms with Crippen molar-refractivity contribution in [3.05, 3.63) is 36.7 Å². The number of carbonyl (C=O) groups excluding carboxylic acids is 1. The van der Waals surface area contributed by atoms with Gasteiger partial charge >= 0.3 is 5.97 Å². The molecule has 0 saturated heterocycles. The van der Waals surface area contributed by atoms with Gasteiger partial charge < -0.3 is 10.5 Å². The zero-order chi connectivity index (χ0) is 10.1. The van der Waals surface area contributed by atoms with E-state index in [-0.39, 0.29) is 0 Å². The van der Waals surface area contributed by atoms with E-state index in [4.69, 9.17) is 5.73 Å². The number of hydrogen-bond donors (Lipinski definition) is 1. The molecule has 0 heterocycles. The number of rotatable bonds is 4. The molecule has 0 aromatic heterocycles. The van der Waals surface area contributed by atoms with Crippen LogP contribution >= 0.6 is 0 Å². The Bertz CT molecular complexity index is 265. The van der Waals surface area contributed by atoms with Crippen molar-refractivity contribution >= 4 is 12.2 Å². The highest BCUT2D eigenvalue weighted by Gasteiger charge is 1.92. The van der Waals surface area contributed by atoms with Gasteiger partial charge in [-0.05, 0) is 12.2 Å². The maximum atomic E-state index is 10.6. The lowest BCUT2D eigenvalue weighted by Gasteiger charge is -1.91. The van der Waals surface area contributed by atoms with Crippen molar-refractivity contribution in [2.45, 2.75) is 0 Å². The first-order chi connectivity index (χ1) is 6.20. The summed E-state index contributed by atoms with van der Waals surface area (Å²) in [6.45, 7) is 3.39. The maximum Gasteiger partial charge on any atom is 0.332 e. The third-order valence-electron chi connectivity index (χ3n) is 1.05. The van der Waals surface area contributed by atoms with Crippen molar-refractivity contribution in [2.75, 3.05) is 7.11 Å². The van der Waals surface area contributed by atoms with Gasteiger partial charge in [-0.2, -0.15) is 0 Å². The van der Waals surface area contributed by atoms with Crippen molar-refractivity contribution in [3.8, 4) is 0 Å². The Hall–Kier alpha value is -1.84. The lowest BCUT2D eigenvalue weighted by atomic mass is 10.3. The topological polar surface area (TPSA) is 64.7 Å². The summed E-state index contributed by atoms with van der Waals surface area (Å²) in [7, 11) is 1.29. The third kappa shape index (κ3) is 6.55. The van der Waals surface area contributed by atoms with E-state index in [1.165, 1.54) is 31.7 Å². The molecular weight excluding hydrogens is 168 g/mol. The Morgan fingerprint density at radius 1 is 1.62 bits per heavy atom. The quantitative estimate of drug-likeness (QED) is 0.301. The van der Waals surface area contributed by atoms with Gasteiger partial charge in [0.1, 0.15) is 0 Å². The van der Waals surface area contributed by atoms with E-state index in [1.54, 1.807) is 6.08 Å². The number of ether oxygens (including phenoxy) is 1. The first-order valence-electron chi connectivity index (χ1n) is 3.56. The van der Waals surface area contributed by atoms with E-state index in [9.17, 15) is 4.79 Å². The molecule has 4 nitrogen and oxygen atoms in total. The molecule has 0 bridgehead atoms. The number of esters is 1. The molecule has 0 aromatic rings. The SMILES string of the molecule is C=C/N=C/C=C\C(N)=C\C(=O)OC. The fourth-order valence-corrected chi connectivity index (χ4v) is 0.508. The van der Waals surface area contributed by atoms with Crippen LogP contribution in [0.4, 0.5) is 0 Å². The molecule has 0 aliphatic heterocycles. The fourth-order valence-electron chi connectivity index (χ4n) is 0.508. The van der Waals surface area contributed by atoms with Crippen LogP contribution in [0.15, 0.2) is 41.7 Å². The Kier molecular flexibility index (Phi) is 5.88. The Labute approximate surface area is 77.1 Å². The summed E-state index contributed by atoms with van der Waals surface area (Å²) in [4.78, 5) is 14.3. The summed E-state index contributed by atoms with van der Waals surface area (Å²) in [6.07, 6.45) is 7.20. The Morgan fingerprint density at radius 2 is 2.31 bits per heavy atom. The summed E-state index contributed by atoms with van der Waals surface area (Å²) in [5.41, 5.74) is 5.73. The summed E-state index contributed by atoms with van der Waals surface area (Å²) in [5.74, 6) is -0.484. The van der Waals surface area contributed by atoms with Crippen LogP contribution < -0.4 is 5.73 Å². The minimum absolute atomic E-state index is 0.308. The second-order valence-corrected chi connectivity index (χ2v) is 2.01. The van der Waals surface area contributed by atoms with Gasteiger partial charge in [0.25, 0.3) is 0 Å². The van der Waals surface area contributed by atoms with Crippen molar-refractivity contribution < 1.29 is 9.53 Å². The standard InChI is InChI=1S/C9H12N2O2/c1-3-11-6-4-5-8(10)7-9(12)13-2/h3-7H,1,10H2,2H3/b5-4-,8-7-,11-6+. The second kappa shape index (κ2) is 6.84. The van der Waals surface area contributed by atoms with E-state index in [0.717, 1.165) is 0 Å². The number of methoxy groups -OCH3 is 1. The predicted molar refractivity (Wildman–Crippen MR) is 52.1 cm³/mol. The first-order valence-corrected chi connectivity index (χ1v) is 3.56. The molecule has 70 valence electrons. The van der Waals surface area contributed by atoms with Gasteiger partial charge in [-0.3, -0.25) is 4.99 Å². The van der Waals surface area contributed by atoms with Gasteiger partial charge in [0.05, 0.1) is 7.11 Å². The molecule has 2 N–H and O–H groups in total. The minimum Gasteiger partial charge on any atom is -0.466 e. The van der Waals surface area contributed by atoms with Crippen LogP contribution in [0.2, 0.25) is 0 Å². The summed E-state index contributed by atoms with van der Waals surface area (Å²) in [6, 6.07) is 0. The van der Waals surface area contributed by atoms with Crippen LogP contribution in [0.25, 0.3) is 0 Å². The highest BCUT2D eigenvalue weighted by Crippen LogP contribution is 1.87. The number of nitrogens with two attached hydrogens (primary N) is 1. The Balaban J connectivity index is 4.12. The summed E-state index contributed by atoms with van der Waals surface area (Å²) in [5, 5.41) is 0. The van der Waals surface area contributed by atoms with Gasteiger partial charge in [0, 0.05) is 24.2 Å². The molecule has 4 heteroatoms. The van der Waals surface area contributed by atoms with Crippen LogP contribution in [0, 0.1) is 0 Å². The lowest BCUT2D eigenvalue weighted by Crippen LogP contribution is -2.01. The van der Waals surface area contributed by atoms with E-state index in [1.807, 2.05) is 0 Å².